The molecule has 0 amide bonds. The number of esters is 1. The van der Waals surface area contributed by atoms with Gasteiger partial charge in [0, 0.05) is 28.7 Å². The number of fused-ring (bicyclic) bond motifs is 3. The first-order chi connectivity index (χ1) is 13.6. The van der Waals surface area contributed by atoms with Crippen molar-refractivity contribution in [2.45, 2.75) is 6.61 Å². The van der Waals surface area contributed by atoms with Crippen molar-refractivity contribution in [3.8, 4) is 0 Å². The molecule has 28 heavy (non-hydrogen) atoms. The Morgan fingerprint density at radius 2 is 1.82 bits per heavy atom. The van der Waals surface area contributed by atoms with Gasteiger partial charge < -0.3 is 9.15 Å². The SMILES string of the molecule is O=C(/C=C/c1ccccc1F)OCc1cc(=O)oc2ccc3ccccc3c12. The van der Waals surface area contributed by atoms with Crippen LogP contribution in [0.1, 0.15) is 11.1 Å². The van der Waals surface area contributed by atoms with E-state index in [1.807, 2.05) is 30.3 Å². The Morgan fingerprint density at radius 3 is 2.68 bits per heavy atom. The standard InChI is InChI=1S/C23H15FO4/c24-19-8-4-2-6-16(19)10-12-21(25)27-14-17-13-22(26)28-20-11-9-15-5-1-3-7-18(15)23(17)20/h1-13H,14H2/b12-10+. The molecule has 1 heterocycles. The second kappa shape index (κ2) is 7.48. The molecule has 4 aromatic rings. The monoisotopic (exact) mass is 374 g/mol. The van der Waals surface area contributed by atoms with Gasteiger partial charge in [0.05, 0.1) is 0 Å². The van der Waals surface area contributed by atoms with E-state index in [0.29, 0.717) is 11.1 Å². The minimum absolute atomic E-state index is 0.101. The van der Waals surface area contributed by atoms with Gasteiger partial charge >= 0.3 is 11.6 Å². The molecule has 3 aromatic carbocycles. The molecule has 5 heteroatoms. The average Bonchev–Trinajstić information content (AvgIpc) is 2.71. The Bertz CT molecular complexity index is 1270. The van der Waals surface area contributed by atoms with E-state index in [-0.39, 0.29) is 12.2 Å². The number of halogens is 1. The average molecular weight is 374 g/mol. The largest absolute Gasteiger partial charge is 0.458 e. The number of rotatable bonds is 4. The fourth-order valence-electron chi connectivity index (χ4n) is 3.10. The van der Waals surface area contributed by atoms with Crippen molar-refractivity contribution in [3.05, 3.63) is 100 Å². The van der Waals surface area contributed by atoms with Gasteiger partial charge in [-0.1, -0.05) is 48.5 Å². The van der Waals surface area contributed by atoms with E-state index >= 15 is 0 Å². The Morgan fingerprint density at radius 1 is 1.04 bits per heavy atom. The summed E-state index contributed by atoms with van der Waals surface area (Å²) < 4.78 is 24.2. The first-order valence-electron chi connectivity index (χ1n) is 8.66. The number of hydrogen-bond donors (Lipinski definition) is 0. The van der Waals surface area contributed by atoms with Crippen LogP contribution in [0, 0.1) is 5.82 Å². The van der Waals surface area contributed by atoms with Gasteiger partial charge in [0.2, 0.25) is 0 Å². The van der Waals surface area contributed by atoms with Crippen LogP contribution in [-0.2, 0) is 16.1 Å². The summed E-state index contributed by atoms with van der Waals surface area (Å²) in [5, 5.41) is 2.61. The molecule has 0 bridgehead atoms. The first-order valence-corrected chi connectivity index (χ1v) is 8.66. The smallest absolute Gasteiger partial charge is 0.336 e. The lowest BCUT2D eigenvalue weighted by Crippen LogP contribution is -2.06. The van der Waals surface area contributed by atoms with Crippen LogP contribution in [0.25, 0.3) is 27.8 Å². The summed E-state index contributed by atoms with van der Waals surface area (Å²) in [5.74, 6) is -1.06. The molecule has 0 aliphatic heterocycles. The molecule has 138 valence electrons. The highest BCUT2D eigenvalue weighted by molar-refractivity contribution is 6.07. The van der Waals surface area contributed by atoms with Gasteiger partial charge in [-0.3, -0.25) is 0 Å². The summed E-state index contributed by atoms with van der Waals surface area (Å²) >= 11 is 0. The third-order valence-electron chi connectivity index (χ3n) is 4.39. The zero-order chi connectivity index (χ0) is 19.5. The summed E-state index contributed by atoms with van der Waals surface area (Å²) in [6, 6.07) is 18.7. The molecule has 0 aliphatic rings. The van der Waals surface area contributed by atoms with Crippen LogP contribution in [0.4, 0.5) is 4.39 Å². The zero-order valence-electron chi connectivity index (χ0n) is 14.7. The highest BCUT2D eigenvalue weighted by atomic mass is 19.1. The van der Waals surface area contributed by atoms with Crippen LogP contribution >= 0.6 is 0 Å². The van der Waals surface area contributed by atoms with Gasteiger partial charge in [0.1, 0.15) is 18.0 Å². The molecular formula is C23H15FO4. The number of benzene rings is 3. The van der Waals surface area contributed by atoms with E-state index in [4.69, 9.17) is 9.15 Å². The molecule has 4 rings (SSSR count). The molecule has 0 aliphatic carbocycles. The molecule has 0 fully saturated rings. The number of ether oxygens (including phenoxy) is 1. The lowest BCUT2D eigenvalue weighted by Gasteiger charge is -2.08. The minimum atomic E-state index is -0.634. The van der Waals surface area contributed by atoms with E-state index in [1.54, 1.807) is 24.3 Å². The molecule has 0 atom stereocenters. The molecule has 0 N–H and O–H groups in total. The van der Waals surface area contributed by atoms with E-state index in [2.05, 4.69) is 0 Å². The maximum atomic E-state index is 13.6. The third kappa shape index (κ3) is 3.55. The number of carbonyl (C=O) groups is 1. The number of hydrogen-bond acceptors (Lipinski definition) is 4. The Labute approximate surface area is 159 Å². The topological polar surface area (TPSA) is 56.5 Å². The molecule has 1 aromatic heterocycles. The Balaban J connectivity index is 1.63. The van der Waals surface area contributed by atoms with E-state index in [0.717, 1.165) is 22.2 Å². The number of carbonyl (C=O) groups excluding carboxylic acids is 1. The minimum Gasteiger partial charge on any atom is -0.458 e. The summed E-state index contributed by atoms with van der Waals surface area (Å²) in [6.45, 7) is -0.101. The van der Waals surface area contributed by atoms with E-state index in [1.165, 1.54) is 18.2 Å². The predicted molar refractivity (Wildman–Crippen MR) is 105 cm³/mol. The van der Waals surface area contributed by atoms with Gasteiger partial charge in [0.15, 0.2) is 0 Å². The summed E-state index contributed by atoms with van der Waals surface area (Å²) in [4.78, 5) is 23.9. The molecule has 0 saturated heterocycles. The van der Waals surface area contributed by atoms with Crippen molar-refractivity contribution in [1.82, 2.24) is 0 Å². The molecule has 0 unspecified atom stereocenters. The first kappa shape index (κ1) is 17.7. The molecular weight excluding hydrogens is 359 g/mol. The highest BCUT2D eigenvalue weighted by Crippen LogP contribution is 2.27. The van der Waals surface area contributed by atoms with Crippen LogP contribution in [0.3, 0.4) is 0 Å². The maximum Gasteiger partial charge on any atom is 0.336 e. The lowest BCUT2D eigenvalue weighted by atomic mass is 10.0. The second-order valence-corrected chi connectivity index (χ2v) is 6.21. The predicted octanol–water partition coefficient (Wildman–Crippen LogP) is 4.84. The van der Waals surface area contributed by atoms with Crippen LogP contribution in [0.5, 0.6) is 0 Å². The van der Waals surface area contributed by atoms with Crippen molar-refractivity contribution in [3.63, 3.8) is 0 Å². The second-order valence-electron chi connectivity index (χ2n) is 6.21. The van der Waals surface area contributed by atoms with E-state index in [9.17, 15) is 14.0 Å². The normalized spacial score (nSPS) is 11.3. The molecule has 0 spiro atoms. The molecule has 4 nitrogen and oxygen atoms in total. The van der Waals surface area contributed by atoms with Crippen LogP contribution < -0.4 is 5.63 Å². The van der Waals surface area contributed by atoms with E-state index < -0.39 is 17.4 Å². The van der Waals surface area contributed by atoms with Gasteiger partial charge in [-0.15, -0.1) is 0 Å². The lowest BCUT2D eigenvalue weighted by molar-refractivity contribution is -0.138. The van der Waals surface area contributed by atoms with Crippen molar-refractivity contribution < 1.29 is 18.3 Å². The van der Waals surface area contributed by atoms with Crippen molar-refractivity contribution >= 4 is 33.8 Å². The highest BCUT2D eigenvalue weighted by Gasteiger charge is 2.11. The van der Waals surface area contributed by atoms with Crippen LogP contribution in [0.15, 0.2) is 82.0 Å². The van der Waals surface area contributed by atoms with Gasteiger partial charge in [-0.2, -0.15) is 0 Å². The quantitative estimate of drug-likeness (QED) is 0.222. The van der Waals surface area contributed by atoms with Gasteiger partial charge in [-0.25, -0.2) is 14.0 Å². The summed E-state index contributed by atoms with van der Waals surface area (Å²) in [5.41, 5.74) is 0.752. The zero-order valence-corrected chi connectivity index (χ0v) is 14.7. The van der Waals surface area contributed by atoms with Gasteiger partial charge in [0.25, 0.3) is 0 Å². The van der Waals surface area contributed by atoms with Crippen molar-refractivity contribution in [1.29, 1.82) is 0 Å². The Hall–Kier alpha value is -3.73. The van der Waals surface area contributed by atoms with Crippen molar-refractivity contribution in [2.75, 3.05) is 0 Å². The maximum absolute atomic E-state index is 13.6. The third-order valence-corrected chi connectivity index (χ3v) is 4.39. The summed E-state index contributed by atoms with van der Waals surface area (Å²) in [7, 11) is 0. The van der Waals surface area contributed by atoms with Gasteiger partial charge in [-0.05, 0) is 29.0 Å². The van der Waals surface area contributed by atoms with Crippen molar-refractivity contribution in [2.24, 2.45) is 0 Å². The molecule has 0 radical (unpaired) electrons. The molecule has 0 saturated carbocycles. The summed E-state index contributed by atoms with van der Waals surface area (Å²) in [6.07, 6.45) is 2.51. The van der Waals surface area contributed by atoms with Crippen LogP contribution in [-0.4, -0.2) is 5.97 Å². The Kier molecular flexibility index (Phi) is 4.72. The van der Waals surface area contributed by atoms with Crippen LogP contribution in [0.2, 0.25) is 0 Å². The fourth-order valence-corrected chi connectivity index (χ4v) is 3.10. The fraction of sp³-hybridized carbons (Fsp3) is 0.0435.